The fourth-order valence-electron chi connectivity index (χ4n) is 1.93. The van der Waals surface area contributed by atoms with Gasteiger partial charge < -0.3 is 5.11 Å². The standard InChI is InChI=1S/C10H15N3O2/c1-2-13-6-7(5-11-13)8-3-4-9(12-8)10(14)15/h5-6,8-9,12H,2-4H2,1H3,(H,14,15). The molecule has 0 aromatic carbocycles. The largest absolute Gasteiger partial charge is 0.480 e. The van der Waals surface area contributed by atoms with Crippen LogP contribution in [0.5, 0.6) is 0 Å². The van der Waals surface area contributed by atoms with Crippen LogP contribution in [0.2, 0.25) is 0 Å². The van der Waals surface area contributed by atoms with Crippen molar-refractivity contribution in [3.8, 4) is 0 Å². The van der Waals surface area contributed by atoms with E-state index in [0.717, 1.165) is 18.5 Å². The Labute approximate surface area is 88.1 Å². The Morgan fingerprint density at radius 2 is 2.53 bits per heavy atom. The molecule has 15 heavy (non-hydrogen) atoms. The molecular weight excluding hydrogens is 194 g/mol. The van der Waals surface area contributed by atoms with Crippen molar-refractivity contribution in [2.24, 2.45) is 0 Å². The summed E-state index contributed by atoms with van der Waals surface area (Å²) in [6.07, 6.45) is 5.34. The normalized spacial score (nSPS) is 25.7. The summed E-state index contributed by atoms with van der Waals surface area (Å²) in [6, 6.07) is -0.258. The molecule has 0 aliphatic carbocycles. The number of aryl methyl sites for hydroxylation is 1. The van der Waals surface area contributed by atoms with Gasteiger partial charge in [-0.15, -0.1) is 0 Å². The predicted molar refractivity (Wildman–Crippen MR) is 54.4 cm³/mol. The van der Waals surface area contributed by atoms with E-state index in [9.17, 15) is 4.79 Å². The molecule has 2 N–H and O–H groups in total. The number of nitrogens with one attached hydrogen (secondary N) is 1. The molecule has 5 heteroatoms. The molecule has 1 saturated heterocycles. The fraction of sp³-hybridized carbons (Fsp3) is 0.600. The summed E-state index contributed by atoms with van der Waals surface area (Å²) in [6.45, 7) is 2.87. The summed E-state index contributed by atoms with van der Waals surface area (Å²) < 4.78 is 1.85. The smallest absolute Gasteiger partial charge is 0.320 e. The van der Waals surface area contributed by atoms with Gasteiger partial charge in [-0.3, -0.25) is 14.8 Å². The average molecular weight is 209 g/mol. The molecule has 2 unspecified atom stereocenters. The first-order valence-electron chi connectivity index (χ1n) is 5.22. The second-order valence-electron chi connectivity index (χ2n) is 3.82. The fourth-order valence-corrected chi connectivity index (χ4v) is 1.93. The Morgan fingerprint density at radius 3 is 3.07 bits per heavy atom. The average Bonchev–Trinajstić information content (AvgIpc) is 2.86. The number of nitrogens with zero attached hydrogens (tertiary/aromatic N) is 2. The first-order chi connectivity index (χ1) is 7.20. The van der Waals surface area contributed by atoms with Crippen molar-refractivity contribution in [3.63, 3.8) is 0 Å². The zero-order chi connectivity index (χ0) is 10.8. The van der Waals surface area contributed by atoms with E-state index in [0.29, 0.717) is 6.42 Å². The Bertz CT molecular complexity index is 361. The SMILES string of the molecule is CCn1cc(C2CCC(C(=O)O)N2)cn1. The van der Waals surface area contributed by atoms with Crippen molar-refractivity contribution < 1.29 is 9.90 Å². The van der Waals surface area contributed by atoms with E-state index in [1.54, 1.807) is 0 Å². The second kappa shape index (κ2) is 4.02. The van der Waals surface area contributed by atoms with Gasteiger partial charge in [0.15, 0.2) is 0 Å². The van der Waals surface area contributed by atoms with E-state index in [4.69, 9.17) is 5.11 Å². The van der Waals surface area contributed by atoms with E-state index in [1.807, 2.05) is 24.0 Å². The summed E-state index contributed by atoms with van der Waals surface area (Å²) in [5, 5.41) is 16.1. The van der Waals surface area contributed by atoms with Gasteiger partial charge in [-0.25, -0.2) is 0 Å². The lowest BCUT2D eigenvalue weighted by Gasteiger charge is -2.08. The summed E-state index contributed by atoms with van der Waals surface area (Å²) in [5.41, 5.74) is 1.08. The molecule has 1 aromatic heterocycles. The van der Waals surface area contributed by atoms with Gasteiger partial charge in [0, 0.05) is 24.3 Å². The number of hydrogen-bond acceptors (Lipinski definition) is 3. The second-order valence-corrected chi connectivity index (χ2v) is 3.82. The highest BCUT2D eigenvalue weighted by molar-refractivity contribution is 5.73. The Kier molecular flexibility index (Phi) is 2.73. The van der Waals surface area contributed by atoms with E-state index >= 15 is 0 Å². The number of carbonyl (C=O) groups is 1. The highest BCUT2D eigenvalue weighted by atomic mass is 16.4. The molecule has 0 spiro atoms. The molecule has 0 saturated carbocycles. The highest BCUT2D eigenvalue weighted by Crippen LogP contribution is 2.26. The summed E-state index contributed by atoms with van der Waals surface area (Å²) in [5.74, 6) is -0.764. The van der Waals surface area contributed by atoms with Crippen LogP contribution in [0.3, 0.4) is 0 Å². The third kappa shape index (κ3) is 2.02. The zero-order valence-electron chi connectivity index (χ0n) is 8.68. The molecule has 82 valence electrons. The molecule has 1 aliphatic rings. The van der Waals surface area contributed by atoms with Crippen molar-refractivity contribution in [2.45, 2.75) is 38.4 Å². The minimum Gasteiger partial charge on any atom is -0.480 e. The van der Waals surface area contributed by atoms with Crippen LogP contribution in [0.1, 0.15) is 31.4 Å². The van der Waals surface area contributed by atoms with Crippen molar-refractivity contribution in [2.75, 3.05) is 0 Å². The lowest BCUT2D eigenvalue weighted by atomic mass is 10.1. The van der Waals surface area contributed by atoms with Gasteiger partial charge in [0.2, 0.25) is 0 Å². The topological polar surface area (TPSA) is 67.2 Å². The van der Waals surface area contributed by atoms with Crippen molar-refractivity contribution in [3.05, 3.63) is 18.0 Å². The summed E-state index contributed by atoms with van der Waals surface area (Å²) in [7, 11) is 0. The molecule has 2 heterocycles. The Balaban J connectivity index is 2.04. The molecule has 0 bridgehead atoms. The van der Waals surface area contributed by atoms with E-state index in [1.165, 1.54) is 0 Å². The van der Waals surface area contributed by atoms with Gasteiger partial charge in [-0.1, -0.05) is 0 Å². The number of hydrogen-bond donors (Lipinski definition) is 2. The van der Waals surface area contributed by atoms with Gasteiger partial charge in [0.1, 0.15) is 6.04 Å². The summed E-state index contributed by atoms with van der Waals surface area (Å²) in [4.78, 5) is 10.8. The van der Waals surface area contributed by atoms with E-state index < -0.39 is 12.0 Å². The van der Waals surface area contributed by atoms with Crippen LogP contribution in [0.15, 0.2) is 12.4 Å². The van der Waals surface area contributed by atoms with Crippen molar-refractivity contribution in [1.82, 2.24) is 15.1 Å². The minimum absolute atomic E-state index is 0.145. The number of rotatable bonds is 3. The maximum absolute atomic E-state index is 10.8. The maximum Gasteiger partial charge on any atom is 0.320 e. The van der Waals surface area contributed by atoms with E-state index in [2.05, 4.69) is 10.4 Å². The van der Waals surface area contributed by atoms with Gasteiger partial charge >= 0.3 is 5.97 Å². The lowest BCUT2D eigenvalue weighted by Crippen LogP contribution is -2.31. The molecule has 1 aromatic rings. The molecule has 2 rings (SSSR count). The number of carboxylic acid groups (broad SMARTS) is 1. The number of aromatic nitrogens is 2. The van der Waals surface area contributed by atoms with Crippen LogP contribution in [0.25, 0.3) is 0 Å². The van der Waals surface area contributed by atoms with Gasteiger partial charge in [0.25, 0.3) is 0 Å². The molecule has 0 radical (unpaired) electrons. The Hall–Kier alpha value is -1.36. The van der Waals surface area contributed by atoms with Crippen LogP contribution >= 0.6 is 0 Å². The highest BCUT2D eigenvalue weighted by Gasteiger charge is 2.30. The molecule has 5 nitrogen and oxygen atoms in total. The van der Waals surface area contributed by atoms with Gasteiger partial charge in [0.05, 0.1) is 6.20 Å². The molecule has 0 amide bonds. The van der Waals surface area contributed by atoms with Crippen LogP contribution in [-0.2, 0) is 11.3 Å². The van der Waals surface area contributed by atoms with Gasteiger partial charge in [-0.2, -0.15) is 5.10 Å². The van der Waals surface area contributed by atoms with E-state index in [-0.39, 0.29) is 6.04 Å². The molecule has 2 atom stereocenters. The number of carboxylic acids is 1. The molecule has 1 fully saturated rings. The van der Waals surface area contributed by atoms with Crippen LogP contribution in [-0.4, -0.2) is 26.9 Å². The van der Waals surface area contributed by atoms with Crippen LogP contribution in [0.4, 0.5) is 0 Å². The number of aliphatic carboxylic acids is 1. The quantitative estimate of drug-likeness (QED) is 0.772. The van der Waals surface area contributed by atoms with Gasteiger partial charge in [-0.05, 0) is 19.8 Å². The monoisotopic (exact) mass is 209 g/mol. The van der Waals surface area contributed by atoms with Crippen molar-refractivity contribution in [1.29, 1.82) is 0 Å². The first-order valence-corrected chi connectivity index (χ1v) is 5.22. The third-order valence-corrected chi connectivity index (χ3v) is 2.82. The van der Waals surface area contributed by atoms with Crippen LogP contribution in [0, 0.1) is 0 Å². The summed E-state index contributed by atoms with van der Waals surface area (Å²) >= 11 is 0. The lowest BCUT2D eigenvalue weighted by molar-refractivity contribution is -0.139. The predicted octanol–water partition coefficient (Wildman–Crippen LogP) is 0.781. The van der Waals surface area contributed by atoms with Crippen molar-refractivity contribution >= 4 is 5.97 Å². The Morgan fingerprint density at radius 1 is 1.73 bits per heavy atom. The zero-order valence-corrected chi connectivity index (χ0v) is 8.68. The molecule has 1 aliphatic heterocycles. The maximum atomic E-state index is 10.8. The third-order valence-electron chi connectivity index (χ3n) is 2.82. The first kappa shape index (κ1) is 10.2. The molecular formula is C10H15N3O2. The minimum atomic E-state index is -0.764. The van der Waals surface area contributed by atoms with Crippen LogP contribution < -0.4 is 5.32 Å².